The third-order valence-electron chi connectivity index (χ3n) is 2.88. The average Bonchev–Trinajstić information content (AvgIpc) is 2.41. The van der Waals surface area contributed by atoms with Gasteiger partial charge in [0.2, 0.25) is 0 Å². The number of amides is 1. The molecule has 2 rings (SSSR count). The molecule has 0 aromatic heterocycles. The van der Waals surface area contributed by atoms with Gasteiger partial charge in [-0.05, 0) is 43.5 Å². The molecule has 0 spiro atoms. The van der Waals surface area contributed by atoms with E-state index in [4.69, 9.17) is 14.8 Å². The van der Waals surface area contributed by atoms with Gasteiger partial charge in [0.1, 0.15) is 11.5 Å². The SMILES string of the molecule is O=C(Oc1ccc(OB(O)O)cc1)N1CCCCC1. The van der Waals surface area contributed by atoms with Gasteiger partial charge in [0.05, 0.1) is 0 Å². The minimum Gasteiger partial charge on any atom is -0.512 e. The largest absolute Gasteiger partial charge is 0.707 e. The van der Waals surface area contributed by atoms with Crippen LogP contribution in [0.25, 0.3) is 0 Å². The Kier molecular flexibility index (Phi) is 4.65. The maximum Gasteiger partial charge on any atom is 0.707 e. The second-order valence-electron chi connectivity index (χ2n) is 4.33. The summed E-state index contributed by atoms with van der Waals surface area (Å²) in [5, 5.41) is 17.3. The van der Waals surface area contributed by atoms with Gasteiger partial charge < -0.3 is 24.3 Å². The zero-order chi connectivity index (χ0) is 13.7. The van der Waals surface area contributed by atoms with E-state index in [0.29, 0.717) is 5.75 Å². The number of piperidine rings is 1. The van der Waals surface area contributed by atoms with Gasteiger partial charge in [-0.25, -0.2) is 4.79 Å². The summed E-state index contributed by atoms with van der Waals surface area (Å²) in [6.45, 7) is 1.47. The minimum absolute atomic E-state index is 0.285. The molecule has 0 bridgehead atoms. The molecule has 1 heterocycles. The molecule has 1 aliphatic heterocycles. The molecule has 1 aromatic rings. The van der Waals surface area contributed by atoms with Crippen molar-refractivity contribution < 1.29 is 24.2 Å². The number of ether oxygens (including phenoxy) is 1. The number of hydrogen-bond acceptors (Lipinski definition) is 5. The van der Waals surface area contributed by atoms with E-state index in [1.54, 1.807) is 17.0 Å². The van der Waals surface area contributed by atoms with Gasteiger partial charge in [0.15, 0.2) is 0 Å². The third kappa shape index (κ3) is 4.15. The van der Waals surface area contributed by atoms with Crippen molar-refractivity contribution >= 4 is 13.4 Å². The van der Waals surface area contributed by atoms with E-state index < -0.39 is 7.32 Å². The summed E-state index contributed by atoms with van der Waals surface area (Å²) in [5.41, 5.74) is 0. The van der Waals surface area contributed by atoms with Crippen LogP contribution in [0.3, 0.4) is 0 Å². The van der Waals surface area contributed by atoms with E-state index in [-0.39, 0.29) is 11.8 Å². The summed E-state index contributed by atoms with van der Waals surface area (Å²) in [7, 11) is -1.86. The van der Waals surface area contributed by atoms with Gasteiger partial charge in [-0.1, -0.05) is 0 Å². The summed E-state index contributed by atoms with van der Waals surface area (Å²) < 4.78 is 9.87. The zero-order valence-corrected chi connectivity index (χ0v) is 10.5. The van der Waals surface area contributed by atoms with Crippen molar-refractivity contribution in [3.8, 4) is 11.5 Å². The summed E-state index contributed by atoms with van der Waals surface area (Å²) in [6, 6.07) is 6.08. The first-order valence-electron chi connectivity index (χ1n) is 6.25. The lowest BCUT2D eigenvalue weighted by molar-refractivity contribution is 0.142. The highest BCUT2D eigenvalue weighted by molar-refractivity contribution is 6.33. The van der Waals surface area contributed by atoms with Gasteiger partial charge in [-0.2, -0.15) is 0 Å². The van der Waals surface area contributed by atoms with E-state index in [2.05, 4.69) is 4.65 Å². The summed E-state index contributed by atoms with van der Waals surface area (Å²) >= 11 is 0. The molecular weight excluding hydrogens is 249 g/mol. The van der Waals surface area contributed by atoms with Crippen molar-refractivity contribution in [3.63, 3.8) is 0 Å². The predicted octanol–water partition coefficient (Wildman–Crippen LogP) is 1.02. The maximum absolute atomic E-state index is 11.8. The van der Waals surface area contributed by atoms with Crippen molar-refractivity contribution in [3.05, 3.63) is 24.3 Å². The molecule has 7 heteroatoms. The highest BCUT2D eigenvalue weighted by Crippen LogP contribution is 2.19. The summed E-state index contributed by atoms with van der Waals surface area (Å²) in [4.78, 5) is 13.5. The molecule has 0 aliphatic carbocycles. The van der Waals surface area contributed by atoms with Crippen molar-refractivity contribution in [2.24, 2.45) is 0 Å². The topological polar surface area (TPSA) is 79.2 Å². The van der Waals surface area contributed by atoms with Crippen molar-refractivity contribution in [1.29, 1.82) is 0 Å². The van der Waals surface area contributed by atoms with Crippen LogP contribution < -0.4 is 9.39 Å². The van der Waals surface area contributed by atoms with Crippen molar-refractivity contribution in [2.45, 2.75) is 19.3 Å². The van der Waals surface area contributed by atoms with Crippen LogP contribution in [0.1, 0.15) is 19.3 Å². The van der Waals surface area contributed by atoms with E-state index in [1.807, 2.05) is 0 Å². The van der Waals surface area contributed by atoms with Gasteiger partial charge in [-0.15, -0.1) is 0 Å². The Bertz CT molecular complexity index is 417. The molecular formula is C12H16BNO5. The quantitative estimate of drug-likeness (QED) is 0.797. The van der Waals surface area contributed by atoms with Crippen LogP contribution in [0, 0.1) is 0 Å². The molecule has 2 N–H and O–H groups in total. The molecule has 1 saturated heterocycles. The van der Waals surface area contributed by atoms with Crippen molar-refractivity contribution in [1.82, 2.24) is 4.90 Å². The fourth-order valence-electron chi connectivity index (χ4n) is 1.95. The van der Waals surface area contributed by atoms with Gasteiger partial charge >= 0.3 is 13.4 Å². The van der Waals surface area contributed by atoms with Crippen LogP contribution in [0.15, 0.2) is 24.3 Å². The normalized spacial score (nSPS) is 14.9. The Morgan fingerprint density at radius 3 is 2.21 bits per heavy atom. The van der Waals surface area contributed by atoms with Crippen LogP contribution in [0.4, 0.5) is 4.79 Å². The monoisotopic (exact) mass is 265 g/mol. The predicted molar refractivity (Wildman–Crippen MR) is 68.7 cm³/mol. The second-order valence-corrected chi connectivity index (χ2v) is 4.33. The summed E-state index contributed by atoms with van der Waals surface area (Å²) in [6.07, 6.45) is 2.82. The lowest BCUT2D eigenvalue weighted by Crippen LogP contribution is -2.37. The number of rotatable bonds is 3. The van der Waals surface area contributed by atoms with E-state index in [1.165, 1.54) is 12.1 Å². The fraction of sp³-hybridized carbons (Fsp3) is 0.417. The molecule has 0 radical (unpaired) electrons. The molecule has 1 aromatic carbocycles. The highest BCUT2D eigenvalue weighted by atomic mass is 16.6. The number of benzene rings is 1. The molecule has 1 fully saturated rings. The molecule has 1 amide bonds. The van der Waals surface area contributed by atoms with E-state index in [0.717, 1.165) is 32.4 Å². The van der Waals surface area contributed by atoms with Crippen molar-refractivity contribution in [2.75, 3.05) is 13.1 Å². The highest BCUT2D eigenvalue weighted by Gasteiger charge is 2.18. The lowest BCUT2D eigenvalue weighted by atomic mass is 10.1. The molecule has 0 atom stereocenters. The Hall–Kier alpha value is -1.73. The first-order chi connectivity index (χ1) is 9.15. The Morgan fingerprint density at radius 2 is 1.63 bits per heavy atom. The maximum atomic E-state index is 11.8. The molecule has 1 aliphatic rings. The zero-order valence-electron chi connectivity index (χ0n) is 10.5. The Labute approximate surface area is 111 Å². The number of likely N-dealkylation sites (tertiary alicyclic amines) is 1. The first-order valence-corrected chi connectivity index (χ1v) is 6.25. The smallest absolute Gasteiger partial charge is 0.512 e. The van der Waals surface area contributed by atoms with Crippen LogP contribution in [0.5, 0.6) is 11.5 Å². The van der Waals surface area contributed by atoms with Crippen LogP contribution in [-0.2, 0) is 0 Å². The first kappa shape index (κ1) is 13.7. The molecule has 19 heavy (non-hydrogen) atoms. The second kappa shape index (κ2) is 6.44. The number of carbonyl (C=O) groups excluding carboxylic acids is 1. The number of carbonyl (C=O) groups is 1. The van der Waals surface area contributed by atoms with Crippen LogP contribution in [-0.4, -0.2) is 41.5 Å². The van der Waals surface area contributed by atoms with Gasteiger partial charge in [0, 0.05) is 13.1 Å². The standard InChI is InChI=1S/C12H16BNO5/c15-12(14-8-2-1-3-9-14)18-10-4-6-11(7-5-10)19-13(16)17/h4-7,16-17H,1-3,8-9H2. The molecule has 6 nitrogen and oxygen atoms in total. The molecule has 0 saturated carbocycles. The fourth-order valence-corrected chi connectivity index (χ4v) is 1.95. The third-order valence-corrected chi connectivity index (χ3v) is 2.88. The van der Waals surface area contributed by atoms with Crippen LogP contribution in [0.2, 0.25) is 0 Å². The number of nitrogens with zero attached hydrogens (tertiary/aromatic N) is 1. The van der Waals surface area contributed by atoms with Gasteiger partial charge in [-0.3, -0.25) is 0 Å². The van der Waals surface area contributed by atoms with E-state index in [9.17, 15) is 4.79 Å². The van der Waals surface area contributed by atoms with Gasteiger partial charge in [0.25, 0.3) is 0 Å². The molecule has 0 unspecified atom stereocenters. The summed E-state index contributed by atoms with van der Waals surface area (Å²) in [5.74, 6) is 0.683. The Morgan fingerprint density at radius 1 is 1.05 bits per heavy atom. The molecule has 102 valence electrons. The number of hydrogen-bond donors (Lipinski definition) is 2. The van der Waals surface area contributed by atoms with E-state index >= 15 is 0 Å². The van der Waals surface area contributed by atoms with Crippen LogP contribution >= 0.6 is 0 Å². The lowest BCUT2D eigenvalue weighted by Gasteiger charge is -2.25. The average molecular weight is 265 g/mol. The Balaban J connectivity index is 1.89. The minimum atomic E-state index is -1.86.